The van der Waals surface area contributed by atoms with Crippen molar-refractivity contribution in [1.82, 2.24) is 10.2 Å². The Balaban J connectivity index is 3.84. The lowest BCUT2D eigenvalue weighted by Gasteiger charge is -2.27. The molecule has 15 heavy (non-hydrogen) atoms. The molecule has 0 bridgehead atoms. The van der Waals surface area contributed by atoms with Gasteiger partial charge in [0, 0.05) is 25.7 Å². The zero-order valence-corrected chi connectivity index (χ0v) is 10.5. The van der Waals surface area contributed by atoms with Crippen LogP contribution in [0.15, 0.2) is 25.3 Å². The summed E-state index contributed by atoms with van der Waals surface area (Å²) in [6, 6.07) is 0.528. The van der Waals surface area contributed by atoms with Crippen molar-refractivity contribution in [3.8, 4) is 0 Å². The van der Waals surface area contributed by atoms with E-state index in [9.17, 15) is 0 Å². The molecule has 0 aromatic rings. The maximum atomic E-state index is 3.78. The first-order chi connectivity index (χ1) is 7.11. The lowest BCUT2D eigenvalue weighted by Crippen LogP contribution is -2.41. The van der Waals surface area contributed by atoms with Crippen molar-refractivity contribution in [1.29, 1.82) is 0 Å². The van der Waals surface area contributed by atoms with Crippen LogP contribution in [0.25, 0.3) is 0 Å². The van der Waals surface area contributed by atoms with Crippen LogP contribution in [-0.2, 0) is 0 Å². The summed E-state index contributed by atoms with van der Waals surface area (Å²) in [4.78, 5) is 2.35. The third kappa shape index (κ3) is 7.34. The molecule has 0 rings (SSSR count). The lowest BCUT2D eigenvalue weighted by atomic mass is 10.2. The Labute approximate surface area is 95.0 Å². The Morgan fingerprint density at radius 1 is 1.07 bits per heavy atom. The second-order valence-corrected chi connectivity index (χ2v) is 4.43. The third-order valence-electron chi connectivity index (χ3n) is 2.34. The maximum Gasteiger partial charge on any atom is 0.0198 e. The summed E-state index contributed by atoms with van der Waals surface area (Å²) in [5.74, 6) is 0.712. The minimum atomic E-state index is 0.528. The van der Waals surface area contributed by atoms with E-state index in [1.54, 1.807) is 0 Å². The predicted molar refractivity (Wildman–Crippen MR) is 69.1 cm³/mol. The molecule has 0 aliphatic heterocycles. The lowest BCUT2D eigenvalue weighted by molar-refractivity contribution is 0.247. The van der Waals surface area contributed by atoms with Crippen LogP contribution in [0.5, 0.6) is 0 Å². The van der Waals surface area contributed by atoms with Gasteiger partial charge in [0.25, 0.3) is 0 Å². The molecule has 2 heteroatoms. The fraction of sp³-hybridized carbons (Fsp3) is 0.692. The van der Waals surface area contributed by atoms with Gasteiger partial charge in [-0.3, -0.25) is 4.90 Å². The van der Waals surface area contributed by atoms with E-state index in [2.05, 4.69) is 44.1 Å². The van der Waals surface area contributed by atoms with Crippen molar-refractivity contribution in [2.75, 3.05) is 26.2 Å². The minimum Gasteiger partial charge on any atom is -0.315 e. The highest BCUT2D eigenvalue weighted by Crippen LogP contribution is 1.98. The number of rotatable bonds is 9. The van der Waals surface area contributed by atoms with Gasteiger partial charge in [0.1, 0.15) is 0 Å². The van der Waals surface area contributed by atoms with Gasteiger partial charge in [0.15, 0.2) is 0 Å². The number of hydrogen-bond donors (Lipinski definition) is 1. The van der Waals surface area contributed by atoms with Gasteiger partial charge in [0.2, 0.25) is 0 Å². The summed E-state index contributed by atoms with van der Waals surface area (Å²) in [7, 11) is 0. The monoisotopic (exact) mass is 210 g/mol. The molecule has 0 aromatic carbocycles. The van der Waals surface area contributed by atoms with Crippen molar-refractivity contribution < 1.29 is 0 Å². The van der Waals surface area contributed by atoms with Gasteiger partial charge in [-0.15, -0.1) is 13.2 Å². The van der Waals surface area contributed by atoms with Gasteiger partial charge >= 0.3 is 0 Å². The van der Waals surface area contributed by atoms with Gasteiger partial charge in [-0.2, -0.15) is 0 Å². The molecule has 0 aromatic heterocycles. The largest absolute Gasteiger partial charge is 0.315 e. The van der Waals surface area contributed by atoms with Gasteiger partial charge < -0.3 is 5.32 Å². The molecular formula is C13H26N2. The number of nitrogens with one attached hydrogen (secondary N) is 1. The normalized spacial score (nSPS) is 13.1. The van der Waals surface area contributed by atoms with E-state index in [0.29, 0.717) is 12.0 Å². The highest BCUT2D eigenvalue weighted by Gasteiger charge is 2.10. The molecule has 0 saturated heterocycles. The zero-order valence-electron chi connectivity index (χ0n) is 10.5. The second kappa shape index (κ2) is 8.69. The van der Waals surface area contributed by atoms with Crippen LogP contribution < -0.4 is 5.32 Å². The molecule has 1 atom stereocenters. The van der Waals surface area contributed by atoms with Crippen molar-refractivity contribution in [2.45, 2.75) is 26.8 Å². The summed E-state index contributed by atoms with van der Waals surface area (Å²) in [5, 5.41) is 3.47. The molecule has 0 aliphatic rings. The maximum absolute atomic E-state index is 3.78. The smallest absolute Gasteiger partial charge is 0.0198 e. The summed E-state index contributed by atoms with van der Waals surface area (Å²) in [5.41, 5.74) is 0. The predicted octanol–water partition coefficient (Wildman–Crippen LogP) is 2.29. The standard InChI is InChI=1S/C13H26N2/c1-6-8-15(9-7-2)13(5)11-14-10-12(3)4/h6-7,12-14H,1-2,8-11H2,3-5H3. The second-order valence-electron chi connectivity index (χ2n) is 4.43. The van der Waals surface area contributed by atoms with E-state index in [0.717, 1.165) is 26.2 Å². The van der Waals surface area contributed by atoms with E-state index in [1.165, 1.54) is 0 Å². The molecule has 1 N–H and O–H groups in total. The van der Waals surface area contributed by atoms with Crippen molar-refractivity contribution in [3.05, 3.63) is 25.3 Å². The van der Waals surface area contributed by atoms with Crippen LogP contribution in [0, 0.1) is 5.92 Å². The molecule has 0 heterocycles. The average Bonchev–Trinajstić information content (AvgIpc) is 2.16. The Morgan fingerprint density at radius 2 is 1.60 bits per heavy atom. The Bertz CT molecular complexity index is 165. The van der Waals surface area contributed by atoms with Gasteiger partial charge in [-0.25, -0.2) is 0 Å². The van der Waals surface area contributed by atoms with Crippen LogP contribution in [0.3, 0.4) is 0 Å². The molecule has 0 radical (unpaired) electrons. The number of hydrogen-bond acceptors (Lipinski definition) is 2. The fourth-order valence-corrected chi connectivity index (χ4v) is 1.48. The summed E-state index contributed by atoms with van der Waals surface area (Å²) in [6.07, 6.45) is 3.89. The highest BCUT2D eigenvalue weighted by molar-refractivity contribution is 4.83. The Morgan fingerprint density at radius 3 is 2.00 bits per heavy atom. The molecule has 0 spiro atoms. The quantitative estimate of drug-likeness (QED) is 0.587. The topological polar surface area (TPSA) is 15.3 Å². The van der Waals surface area contributed by atoms with E-state index >= 15 is 0 Å². The zero-order chi connectivity index (χ0) is 11.7. The average molecular weight is 210 g/mol. The molecular weight excluding hydrogens is 184 g/mol. The summed E-state index contributed by atoms with van der Waals surface area (Å²) >= 11 is 0. The SMILES string of the molecule is C=CCN(CC=C)C(C)CNCC(C)C. The van der Waals surface area contributed by atoms with Crippen LogP contribution >= 0.6 is 0 Å². The van der Waals surface area contributed by atoms with E-state index in [1.807, 2.05) is 12.2 Å². The van der Waals surface area contributed by atoms with Gasteiger partial charge in [-0.1, -0.05) is 26.0 Å². The highest BCUT2D eigenvalue weighted by atomic mass is 15.2. The minimum absolute atomic E-state index is 0.528. The molecule has 2 nitrogen and oxygen atoms in total. The Kier molecular flexibility index (Phi) is 8.34. The molecule has 1 unspecified atom stereocenters. The third-order valence-corrected chi connectivity index (χ3v) is 2.34. The fourth-order valence-electron chi connectivity index (χ4n) is 1.48. The Hall–Kier alpha value is -0.600. The molecule has 0 amide bonds. The van der Waals surface area contributed by atoms with E-state index in [-0.39, 0.29) is 0 Å². The number of nitrogens with zero attached hydrogens (tertiary/aromatic N) is 1. The first-order valence-electron chi connectivity index (χ1n) is 5.78. The van der Waals surface area contributed by atoms with E-state index in [4.69, 9.17) is 0 Å². The van der Waals surface area contributed by atoms with E-state index < -0.39 is 0 Å². The summed E-state index contributed by atoms with van der Waals surface area (Å²) < 4.78 is 0. The molecule has 0 saturated carbocycles. The molecule has 88 valence electrons. The van der Waals surface area contributed by atoms with Crippen molar-refractivity contribution in [3.63, 3.8) is 0 Å². The van der Waals surface area contributed by atoms with Crippen LogP contribution in [0.4, 0.5) is 0 Å². The van der Waals surface area contributed by atoms with Gasteiger partial charge in [-0.05, 0) is 19.4 Å². The first kappa shape index (κ1) is 14.4. The van der Waals surface area contributed by atoms with Crippen molar-refractivity contribution >= 4 is 0 Å². The van der Waals surface area contributed by atoms with Gasteiger partial charge in [0.05, 0.1) is 0 Å². The first-order valence-corrected chi connectivity index (χ1v) is 5.78. The molecule has 0 fully saturated rings. The van der Waals surface area contributed by atoms with Crippen LogP contribution in [0.2, 0.25) is 0 Å². The van der Waals surface area contributed by atoms with Crippen molar-refractivity contribution in [2.24, 2.45) is 5.92 Å². The summed E-state index contributed by atoms with van der Waals surface area (Å²) in [6.45, 7) is 18.2. The van der Waals surface area contributed by atoms with Crippen LogP contribution in [-0.4, -0.2) is 37.1 Å². The van der Waals surface area contributed by atoms with Crippen LogP contribution in [0.1, 0.15) is 20.8 Å². The molecule has 0 aliphatic carbocycles.